The van der Waals surface area contributed by atoms with E-state index in [1.165, 1.54) is 25.2 Å². The van der Waals surface area contributed by atoms with Crippen molar-refractivity contribution in [3.05, 3.63) is 22.2 Å². The average Bonchev–Trinajstić information content (AvgIpc) is 2.52. The van der Waals surface area contributed by atoms with Crippen molar-refractivity contribution in [1.29, 1.82) is 0 Å². The van der Waals surface area contributed by atoms with Crippen LogP contribution in [0.4, 0.5) is 0 Å². The molecular weight excluding hydrogens is 370 g/mol. The molecule has 0 saturated heterocycles. The first kappa shape index (κ1) is 19.2. The maximum atomic E-state index is 12.6. The number of hydrogen-bond acceptors (Lipinski definition) is 5. The van der Waals surface area contributed by atoms with Crippen molar-refractivity contribution in [3.8, 4) is 11.5 Å². The van der Waals surface area contributed by atoms with Gasteiger partial charge in [-0.2, -0.15) is 0 Å². The molecule has 0 spiro atoms. The summed E-state index contributed by atoms with van der Waals surface area (Å²) < 4.78 is 16.2. The summed E-state index contributed by atoms with van der Waals surface area (Å²) in [6.45, 7) is 2.30. The van der Waals surface area contributed by atoms with Crippen molar-refractivity contribution in [2.45, 2.75) is 6.92 Å². The molecule has 1 rings (SSSR count). The number of halogens is 1. The molecule has 0 aliphatic rings. The van der Waals surface area contributed by atoms with Gasteiger partial charge in [0.1, 0.15) is 6.54 Å². The molecule has 0 aliphatic heterocycles. The fourth-order valence-corrected chi connectivity index (χ4v) is 2.48. The molecule has 0 aliphatic carbocycles. The van der Waals surface area contributed by atoms with Crippen molar-refractivity contribution >= 4 is 27.8 Å². The molecule has 1 N–H and O–H groups in total. The molecule has 0 saturated carbocycles. The highest BCUT2D eigenvalue weighted by molar-refractivity contribution is 9.10. The summed E-state index contributed by atoms with van der Waals surface area (Å²) in [6, 6.07) is 3.11. The largest absolute Gasteiger partial charge is 0.493 e. The minimum atomic E-state index is -1.09. The highest BCUT2D eigenvalue weighted by Gasteiger charge is 2.21. The summed E-state index contributed by atoms with van der Waals surface area (Å²) >= 11 is 3.34. The molecule has 0 heterocycles. The topological polar surface area (TPSA) is 85.3 Å². The summed E-state index contributed by atoms with van der Waals surface area (Å²) in [5.74, 6) is -0.627. The number of hydrogen-bond donors (Lipinski definition) is 1. The van der Waals surface area contributed by atoms with E-state index >= 15 is 0 Å². The van der Waals surface area contributed by atoms with Crippen LogP contribution in [0.15, 0.2) is 16.6 Å². The van der Waals surface area contributed by atoms with Gasteiger partial charge in [-0.3, -0.25) is 9.59 Å². The number of methoxy groups -OCH3 is 2. The highest BCUT2D eigenvalue weighted by Crippen LogP contribution is 2.36. The first-order valence-electron chi connectivity index (χ1n) is 6.94. The number of nitrogens with zero attached hydrogens (tertiary/aromatic N) is 1. The SMILES string of the molecule is CCOc1c(Br)cc(C(=O)N(CCOC)CC(=O)O)cc1OC. The third-order valence-corrected chi connectivity index (χ3v) is 3.53. The average molecular weight is 390 g/mol. The van der Waals surface area contributed by atoms with Crippen molar-refractivity contribution < 1.29 is 28.9 Å². The Bertz CT molecular complexity index is 563. The highest BCUT2D eigenvalue weighted by atomic mass is 79.9. The first-order valence-corrected chi connectivity index (χ1v) is 7.74. The van der Waals surface area contributed by atoms with Crippen LogP contribution in [0.5, 0.6) is 11.5 Å². The van der Waals surface area contributed by atoms with Crippen LogP contribution >= 0.6 is 15.9 Å². The zero-order chi connectivity index (χ0) is 17.4. The number of carboxylic acids is 1. The summed E-state index contributed by atoms with van der Waals surface area (Å²) in [4.78, 5) is 24.7. The molecule has 0 unspecified atom stereocenters. The molecule has 1 aromatic carbocycles. The maximum absolute atomic E-state index is 12.6. The second-order valence-corrected chi connectivity index (χ2v) is 5.39. The third kappa shape index (κ3) is 5.40. The fraction of sp³-hybridized carbons (Fsp3) is 0.467. The van der Waals surface area contributed by atoms with Gasteiger partial charge in [0, 0.05) is 19.2 Å². The summed E-state index contributed by atoms with van der Waals surface area (Å²) in [7, 11) is 2.96. The minimum absolute atomic E-state index is 0.175. The van der Waals surface area contributed by atoms with Gasteiger partial charge in [0.15, 0.2) is 11.5 Å². The van der Waals surface area contributed by atoms with E-state index in [0.717, 1.165) is 0 Å². The van der Waals surface area contributed by atoms with Gasteiger partial charge in [-0.25, -0.2) is 0 Å². The molecule has 7 nitrogen and oxygen atoms in total. The number of ether oxygens (including phenoxy) is 3. The molecule has 0 aromatic heterocycles. The molecule has 1 amide bonds. The van der Waals surface area contributed by atoms with E-state index in [1.807, 2.05) is 6.92 Å². The number of carboxylic acid groups (broad SMARTS) is 1. The van der Waals surface area contributed by atoms with Crippen LogP contribution in [-0.4, -0.2) is 62.4 Å². The number of amides is 1. The van der Waals surface area contributed by atoms with Gasteiger partial charge >= 0.3 is 5.97 Å². The van der Waals surface area contributed by atoms with Crippen LogP contribution in [-0.2, 0) is 9.53 Å². The Morgan fingerprint density at radius 2 is 2.00 bits per heavy atom. The monoisotopic (exact) mass is 389 g/mol. The summed E-state index contributed by atoms with van der Waals surface area (Å²) in [5, 5.41) is 8.96. The Kier molecular flexibility index (Phi) is 7.84. The Hall–Kier alpha value is -1.80. The number of benzene rings is 1. The molecule has 8 heteroatoms. The Balaban J connectivity index is 3.13. The third-order valence-electron chi connectivity index (χ3n) is 2.94. The predicted molar refractivity (Wildman–Crippen MR) is 87.3 cm³/mol. The molecule has 1 aromatic rings. The second-order valence-electron chi connectivity index (χ2n) is 4.54. The van der Waals surface area contributed by atoms with Crippen LogP contribution in [0.1, 0.15) is 17.3 Å². The molecule has 0 fully saturated rings. The van der Waals surface area contributed by atoms with E-state index in [4.69, 9.17) is 19.3 Å². The number of carbonyl (C=O) groups is 2. The van der Waals surface area contributed by atoms with Crippen LogP contribution in [0, 0.1) is 0 Å². The van der Waals surface area contributed by atoms with Crippen molar-refractivity contribution in [2.24, 2.45) is 0 Å². The lowest BCUT2D eigenvalue weighted by molar-refractivity contribution is -0.137. The van der Waals surface area contributed by atoms with Gasteiger partial charge < -0.3 is 24.2 Å². The Labute approximate surface area is 143 Å². The quantitative estimate of drug-likeness (QED) is 0.695. The normalized spacial score (nSPS) is 10.3. The van der Waals surface area contributed by atoms with Gasteiger partial charge in [-0.15, -0.1) is 0 Å². The van der Waals surface area contributed by atoms with Crippen LogP contribution < -0.4 is 9.47 Å². The molecule has 128 valence electrons. The Morgan fingerprint density at radius 1 is 1.30 bits per heavy atom. The van der Waals surface area contributed by atoms with E-state index in [2.05, 4.69) is 15.9 Å². The van der Waals surface area contributed by atoms with E-state index in [0.29, 0.717) is 28.1 Å². The van der Waals surface area contributed by atoms with E-state index in [-0.39, 0.29) is 13.2 Å². The summed E-state index contributed by atoms with van der Waals surface area (Å²) in [5.41, 5.74) is 0.300. The second kappa shape index (κ2) is 9.36. The van der Waals surface area contributed by atoms with Crippen LogP contribution in [0.2, 0.25) is 0 Å². The fourth-order valence-electron chi connectivity index (χ4n) is 1.93. The lowest BCUT2D eigenvalue weighted by Crippen LogP contribution is -2.38. The van der Waals surface area contributed by atoms with Gasteiger partial charge in [0.05, 0.1) is 24.8 Å². The van der Waals surface area contributed by atoms with E-state index in [9.17, 15) is 9.59 Å². The zero-order valence-electron chi connectivity index (χ0n) is 13.3. The zero-order valence-corrected chi connectivity index (χ0v) is 14.9. The van der Waals surface area contributed by atoms with Crippen molar-refractivity contribution in [1.82, 2.24) is 4.90 Å². The molecule has 0 atom stereocenters. The minimum Gasteiger partial charge on any atom is -0.493 e. The number of carbonyl (C=O) groups excluding carboxylic acids is 1. The van der Waals surface area contributed by atoms with Crippen LogP contribution in [0.25, 0.3) is 0 Å². The van der Waals surface area contributed by atoms with Crippen molar-refractivity contribution in [2.75, 3.05) is 40.5 Å². The van der Waals surface area contributed by atoms with Gasteiger partial charge in [-0.1, -0.05) is 0 Å². The Morgan fingerprint density at radius 3 is 2.52 bits per heavy atom. The van der Waals surface area contributed by atoms with Gasteiger partial charge in [0.25, 0.3) is 5.91 Å². The lowest BCUT2D eigenvalue weighted by atomic mass is 10.1. The molecule has 0 radical (unpaired) electrons. The number of rotatable bonds is 9. The first-order chi connectivity index (χ1) is 10.9. The predicted octanol–water partition coefficient (Wildman–Crippen LogP) is 2.03. The lowest BCUT2D eigenvalue weighted by Gasteiger charge is -2.21. The number of aliphatic carboxylic acids is 1. The van der Waals surface area contributed by atoms with E-state index in [1.54, 1.807) is 6.07 Å². The standard InChI is InChI=1S/C15H20BrNO6/c1-4-23-14-11(16)7-10(8-12(14)22-3)15(20)17(5-6-21-2)9-13(18)19/h7-8H,4-6,9H2,1-3H3,(H,18,19). The van der Waals surface area contributed by atoms with E-state index < -0.39 is 18.4 Å². The molecular formula is C15H20BrNO6. The molecule has 23 heavy (non-hydrogen) atoms. The smallest absolute Gasteiger partial charge is 0.323 e. The molecule has 0 bridgehead atoms. The van der Waals surface area contributed by atoms with Gasteiger partial charge in [-0.05, 0) is 35.0 Å². The summed E-state index contributed by atoms with van der Waals surface area (Å²) in [6.07, 6.45) is 0. The maximum Gasteiger partial charge on any atom is 0.323 e. The van der Waals surface area contributed by atoms with Crippen LogP contribution in [0.3, 0.4) is 0 Å². The van der Waals surface area contributed by atoms with Gasteiger partial charge in [0.2, 0.25) is 0 Å². The van der Waals surface area contributed by atoms with Crippen molar-refractivity contribution in [3.63, 3.8) is 0 Å².